The number of carbonyl (C=O) groups is 2. The highest BCUT2D eigenvalue weighted by atomic mass is 32.1. The van der Waals surface area contributed by atoms with Gasteiger partial charge in [-0.15, -0.1) is 11.3 Å². The van der Waals surface area contributed by atoms with Crippen LogP contribution in [-0.4, -0.2) is 38.0 Å². The highest BCUT2D eigenvalue weighted by Gasteiger charge is 2.29. The van der Waals surface area contributed by atoms with Gasteiger partial charge in [-0.05, 0) is 37.8 Å². The van der Waals surface area contributed by atoms with Crippen molar-refractivity contribution in [2.75, 3.05) is 0 Å². The van der Waals surface area contributed by atoms with E-state index in [1.54, 1.807) is 12.3 Å². The minimum Gasteiger partial charge on any atom is -0.478 e. The number of fused-ring (bicyclic) bond motifs is 1. The number of aromatic carboxylic acids is 1. The molecule has 1 aliphatic rings. The Morgan fingerprint density at radius 1 is 1.40 bits per heavy atom. The summed E-state index contributed by atoms with van der Waals surface area (Å²) in [6, 6.07) is 3.76. The van der Waals surface area contributed by atoms with Gasteiger partial charge in [0.05, 0.1) is 21.6 Å². The van der Waals surface area contributed by atoms with Gasteiger partial charge in [0.25, 0.3) is 5.91 Å². The van der Waals surface area contributed by atoms with Crippen molar-refractivity contribution in [3.05, 3.63) is 35.0 Å². The van der Waals surface area contributed by atoms with E-state index in [0.29, 0.717) is 27.7 Å². The summed E-state index contributed by atoms with van der Waals surface area (Å²) in [4.78, 5) is 36.4. The first-order valence-corrected chi connectivity index (χ1v) is 8.83. The molecule has 1 fully saturated rings. The molecule has 3 heterocycles. The molecule has 1 atom stereocenters. The number of amides is 1. The first kappa shape index (κ1) is 15.8. The molecule has 3 aromatic rings. The molecule has 128 valence electrons. The predicted molar refractivity (Wildman–Crippen MR) is 93.8 cm³/mol. The Labute approximate surface area is 147 Å². The third-order valence-corrected chi connectivity index (χ3v) is 5.49. The van der Waals surface area contributed by atoms with Crippen molar-refractivity contribution in [3.8, 4) is 10.6 Å². The third-order valence-electron chi connectivity index (χ3n) is 4.38. The fourth-order valence-corrected chi connectivity index (χ4v) is 3.63. The van der Waals surface area contributed by atoms with Crippen LogP contribution < -0.4 is 5.32 Å². The van der Waals surface area contributed by atoms with Crippen molar-refractivity contribution in [2.24, 2.45) is 5.92 Å². The maximum Gasteiger partial charge on any atom is 0.339 e. The van der Waals surface area contributed by atoms with Gasteiger partial charge in [-0.25, -0.2) is 14.8 Å². The molecule has 3 N–H and O–H groups in total. The molecule has 25 heavy (non-hydrogen) atoms. The van der Waals surface area contributed by atoms with E-state index in [2.05, 4.69) is 20.3 Å². The molecular formula is C17H16N4O3S. The number of hydrogen-bond acceptors (Lipinski definition) is 5. The maximum absolute atomic E-state index is 12.3. The van der Waals surface area contributed by atoms with Crippen LogP contribution in [0.5, 0.6) is 0 Å². The van der Waals surface area contributed by atoms with Gasteiger partial charge in [0.15, 0.2) is 5.65 Å². The third kappa shape index (κ3) is 3.00. The first-order valence-electron chi connectivity index (χ1n) is 8.01. The molecule has 3 aromatic heterocycles. The molecule has 1 amide bonds. The zero-order chi connectivity index (χ0) is 17.6. The van der Waals surface area contributed by atoms with E-state index >= 15 is 0 Å². The highest BCUT2D eigenvalue weighted by molar-refractivity contribution is 7.17. The molecule has 0 saturated heterocycles. The minimum absolute atomic E-state index is 0.0807. The fraction of sp³-hybridized carbons (Fsp3) is 0.294. The number of thiophene rings is 1. The molecule has 8 heteroatoms. The lowest BCUT2D eigenvalue weighted by Gasteiger charge is -2.11. The summed E-state index contributed by atoms with van der Waals surface area (Å²) in [5, 5.41) is 12.2. The molecule has 0 aliphatic heterocycles. The van der Waals surface area contributed by atoms with Crippen molar-refractivity contribution in [3.63, 3.8) is 0 Å². The molecule has 0 unspecified atom stereocenters. The SMILES string of the molecule is C[C@@H](NC(=O)c1ccc(-c2cnc3[nH]cc(C(=O)O)c3n2)s1)C1CC1. The van der Waals surface area contributed by atoms with Crippen molar-refractivity contribution in [1.82, 2.24) is 20.3 Å². The lowest BCUT2D eigenvalue weighted by Crippen LogP contribution is -2.33. The van der Waals surface area contributed by atoms with Crippen molar-refractivity contribution in [1.29, 1.82) is 0 Å². The summed E-state index contributed by atoms with van der Waals surface area (Å²) in [7, 11) is 0. The fourth-order valence-electron chi connectivity index (χ4n) is 2.76. The first-order chi connectivity index (χ1) is 12.0. The Kier molecular flexibility index (Phi) is 3.76. The van der Waals surface area contributed by atoms with Crippen LogP contribution in [-0.2, 0) is 0 Å². The number of carboxylic acids is 1. The summed E-state index contributed by atoms with van der Waals surface area (Å²) in [6.07, 6.45) is 5.30. The molecule has 1 aliphatic carbocycles. The highest BCUT2D eigenvalue weighted by Crippen LogP contribution is 2.33. The summed E-state index contributed by atoms with van der Waals surface area (Å²) >= 11 is 1.32. The number of hydrogen-bond donors (Lipinski definition) is 3. The molecule has 0 spiro atoms. The minimum atomic E-state index is -1.06. The number of rotatable bonds is 5. The average Bonchev–Trinajstić information content (AvgIpc) is 3.17. The van der Waals surface area contributed by atoms with Gasteiger partial charge in [0, 0.05) is 12.2 Å². The van der Waals surface area contributed by atoms with E-state index in [-0.39, 0.29) is 17.5 Å². The molecule has 4 rings (SSSR count). The molecule has 0 radical (unpaired) electrons. The Hall–Kier alpha value is -2.74. The zero-order valence-electron chi connectivity index (χ0n) is 13.4. The average molecular weight is 356 g/mol. The number of aromatic nitrogens is 3. The number of carbonyl (C=O) groups excluding carboxylic acids is 1. The smallest absolute Gasteiger partial charge is 0.339 e. The van der Waals surface area contributed by atoms with Crippen molar-refractivity contribution in [2.45, 2.75) is 25.8 Å². The second-order valence-electron chi connectivity index (χ2n) is 6.22. The normalized spacial score (nSPS) is 15.2. The van der Waals surface area contributed by atoms with Gasteiger partial charge in [-0.2, -0.15) is 0 Å². The van der Waals surface area contributed by atoms with E-state index in [9.17, 15) is 14.7 Å². The van der Waals surface area contributed by atoms with Crippen molar-refractivity contribution < 1.29 is 14.7 Å². The zero-order valence-corrected chi connectivity index (χ0v) is 14.3. The van der Waals surface area contributed by atoms with Crippen molar-refractivity contribution >= 4 is 34.4 Å². The molecule has 0 bridgehead atoms. The number of carboxylic acid groups (broad SMARTS) is 1. The standard InChI is InChI=1S/C17H16N4O3S/c1-8(9-2-3-9)20-16(22)13-5-4-12(25-13)11-7-19-15-14(21-11)10(6-18-15)17(23)24/h4-9H,2-3H2,1H3,(H,18,19)(H,20,22)(H,23,24)/t8-/m1/s1. The molecule has 0 aromatic carbocycles. The van der Waals surface area contributed by atoms with Crippen LogP contribution >= 0.6 is 11.3 Å². The lowest BCUT2D eigenvalue weighted by molar-refractivity contribution is 0.0698. The quantitative estimate of drug-likeness (QED) is 0.651. The van der Waals surface area contributed by atoms with Crippen LogP contribution in [0.15, 0.2) is 24.5 Å². The van der Waals surface area contributed by atoms with Crippen LogP contribution in [0.3, 0.4) is 0 Å². The summed E-state index contributed by atoms with van der Waals surface area (Å²) in [5.41, 5.74) is 1.37. The number of nitrogens with one attached hydrogen (secondary N) is 2. The van der Waals surface area contributed by atoms with E-state index in [0.717, 1.165) is 4.88 Å². The topological polar surface area (TPSA) is 108 Å². The van der Waals surface area contributed by atoms with E-state index in [1.165, 1.54) is 30.4 Å². The van der Waals surface area contributed by atoms with Crippen LogP contribution in [0.4, 0.5) is 0 Å². The van der Waals surface area contributed by atoms with Gasteiger partial charge in [-0.1, -0.05) is 0 Å². The van der Waals surface area contributed by atoms with Gasteiger partial charge in [0.1, 0.15) is 11.1 Å². The van der Waals surface area contributed by atoms with Gasteiger partial charge < -0.3 is 15.4 Å². The predicted octanol–water partition coefficient (Wildman–Crippen LogP) is 2.91. The largest absolute Gasteiger partial charge is 0.478 e. The van der Waals surface area contributed by atoms with Gasteiger partial charge >= 0.3 is 5.97 Å². The van der Waals surface area contributed by atoms with E-state index < -0.39 is 5.97 Å². The number of nitrogens with zero attached hydrogens (tertiary/aromatic N) is 2. The Morgan fingerprint density at radius 2 is 2.20 bits per heavy atom. The summed E-state index contributed by atoms with van der Waals surface area (Å²) in [6.45, 7) is 2.03. The molecule has 7 nitrogen and oxygen atoms in total. The number of H-pyrrole nitrogens is 1. The monoisotopic (exact) mass is 356 g/mol. The molecule has 1 saturated carbocycles. The van der Waals surface area contributed by atoms with E-state index in [4.69, 9.17) is 0 Å². The maximum atomic E-state index is 12.3. The van der Waals surface area contributed by atoms with E-state index in [1.807, 2.05) is 13.0 Å². The Morgan fingerprint density at radius 3 is 2.92 bits per heavy atom. The molecular weight excluding hydrogens is 340 g/mol. The second-order valence-corrected chi connectivity index (χ2v) is 7.31. The Bertz CT molecular complexity index is 973. The van der Waals surface area contributed by atoms with Gasteiger partial charge in [-0.3, -0.25) is 4.79 Å². The van der Waals surface area contributed by atoms with Crippen LogP contribution in [0.2, 0.25) is 0 Å². The lowest BCUT2D eigenvalue weighted by atomic mass is 10.2. The van der Waals surface area contributed by atoms with Gasteiger partial charge in [0.2, 0.25) is 0 Å². The van der Waals surface area contributed by atoms with Crippen LogP contribution in [0.1, 0.15) is 39.8 Å². The summed E-state index contributed by atoms with van der Waals surface area (Å²) < 4.78 is 0. The Balaban J connectivity index is 1.60. The van der Waals surface area contributed by atoms with Crippen LogP contribution in [0.25, 0.3) is 21.7 Å². The second kappa shape index (κ2) is 5.96. The number of aromatic amines is 1. The van der Waals surface area contributed by atoms with Crippen LogP contribution in [0, 0.1) is 5.92 Å². The summed E-state index contributed by atoms with van der Waals surface area (Å²) in [5.74, 6) is -0.546.